The maximum atomic E-state index is 10.4. The number of hydrogen-bond acceptors (Lipinski definition) is 1. The van der Waals surface area contributed by atoms with Crippen molar-refractivity contribution in [1.29, 1.82) is 0 Å². The minimum Gasteiger partial charge on any atom is -0.393 e. The summed E-state index contributed by atoms with van der Waals surface area (Å²) < 4.78 is 0. The summed E-state index contributed by atoms with van der Waals surface area (Å²) in [7, 11) is 0. The second kappa shape index (κ2) is 6.41. The Bertz CT molecular complexity index is 240. The average molecular weight is 254 g/mol. The largest absolute Gasteiger partial charge is 0.393 e. The van der Waals surface area contributed by atoms with Gasteiger partial charge < -0.3 is 5.11 Å². The van der Waals surface area contributed by atoms with Crippen LogP contribution < -0.4 is 0 Å². The van der Waals surface area contributed by atoms with Crippen LogP contribution in [0, 0.1) is 29.1 Å². The lowest BCUT2D eigenvalue weighted by atomic mass is 9.72. The van der Waals surface area contributed by atoms with Crippen LogP contribution in [0.2, 0.25) is 0 Å². The maximum Gasteiger partial charge on any atom is 0.0571 e. The zero-order valence-corrected chi connectivity index (χ0v) is 13.4. The Kier molecular flexibility index (Phi) is 5.70. The van der Waals surface area contributed by atoms with E-state index in [1.54, 1.807) is 0 Å². The molecule has 1 aliphatic rings. The summed E-state index contributed by atoms with van der Waals surface area (Å²) >= 11 is 0. The van der Waals surface area contributed by atoms with Crippen LogP contribution in [0.5, 0.6) is 0 Å². The topological polar surface area (TPSA) is 20.2 Å². The first kappa shape index (κ1) is 16.0. The van der Waals surface area contributed by atoms with Gasteiger partial charge in [-0.05, 0) is 54.8 Å². The first-order chi connectivity index (χ1) is 8.19. The highest BCUT2D eigenvalue weighted by molar-refractivity contribution is 4.81. The zero-order chi connectivity index (χ0) is 13.9. The van der Waals surface area contributed by atoms with E-state index >= 15 is 0 Å². The predicted molar refractivity (Wildman–Crippen MR) is 79.5 cm³/mol. The molecule has 0 aromatic heterocycles. The summed E-state index contributed by atoms with van der Waals surface area (Å²) in [6, 6.07) is 0. The molecular weight excluding hydrogens is 220 g/mol. The van der Waals surface area contributed by atoms with Crippen molar-refractivity contribution >= 4 is 0 Å². The smallest absolute Gasteiger partial charge is 0.0571 e. The van der Waals surface area contributed by atoms with Crippen LogP contribution in [0.3, 0.4) is 0 Å². The van der Waals surface area contributed by atoms with E-state index in [4.69, 9.17) is 0 Å². The predicted octanol–water partition coefficient (Wildman–Crippen LogP) is 4.88. The van der Waals surface area contributed by atoms with Gasteiger partial charge in [-0.1, -0.05) is 48.0 Å². The highest BCUT2D eigenvalue weighted by Gasteiger charge is 2.30. The zero-order valence-electron chi connectivity index (χ0n) is 13.4. The lowest BCUT2D eigenvalue weighted by Crippen LogP contribution is -2.31. The molecule has 0 amide bonds. The van der Waals surface area contributed by atoms with Gasteiger partial charge >= 0.3 is 0 Å². The quantitative estimate of drug-likeness (QED) is 0.758. The molecule has 0 aliphatic heterocycles. The SMILES string of the molecule is CC(CC(O)C1CCC(C)C(C)C1)CC(C)(C)C. The fraction of sp³-hybridized carbons (Fsp3) is 1.00. The molecule has 0 saturated heterocycles. The third-order valence-corrected chi connectivity index (χ3v) is 4.79. The number of aliphatic hydroxyl groups excluding tert-OH is 1. The number of hydrogen-bond donors (Lipinski definition) is 1. The third-order valence-electron chi connectivity index (χ3n) is 4.79. The van der Waals surface area contributed by atoms with Crippen molar-refractivity contribution in [3.63, 3.8) is 0 Å². The molecule has 1 heteroatoms. The highest BCUT2D eigenvalue weighted by atomic mass is 16.3. The fourth-order valence-electron chi connectivity index (χ4n) is 3.67. The van der Waals surface area contributed by atoms with Gasteiger partial charge in [0.05, 0.1) is 6.10 Å². The molecule has 0 bridgehead atoms. The van der Waals surface area contributed by atoms with E-state index < -0.39 is 0 Å². The van der Waals surface area contributed by atoms with Crippen molar-refractivity contribution < 1.29 is 5.11 Å². The molecule has 108 valence electrons. The minimum atomic E-state index is -0.0719. The van der Waals surface area contributed by atoms with E-state index in [2.05, 4.69) is 41.5 Å². The van der Waals surface area contributed by atoms with Crippen LogP contribution in [-0.2, 0) is 0 Å². The summed E-state index contributed by atoms with van der Waals surface area (Å²) in [5.41, 5.74) is 0.382. The Morgan fingerprint density at radius 3 is 2.22 bits per heavy atom. The van der Waals surface area contributed by atoms with Gasteiger partial charge in [-0.25, -0.2) is 0 Å². The van der Waals surface area contributed by atoms with Gasteiger partial charge in [0.15, 0.2) is 0 Å². The first-order valence-corrected chi connectivity index (χ1v) is 7.87. The van der Waals surface area contributed by atoms with Crippen LogP contribution in [0.15, 0.2) is 0 Å². The molecule has 0 heterocycles. The fourth-order valence-corrected chi connectivity index (χ4v) is 3.67. The highest BCUT2D eigenvalue weighted by Crippen LogP contribution is 2.37. The second-order valence-corrected chi connectivity index (χ2v) is 8.20. The molecule has 1 nitrogen and oxygen atoms in total. The second-order valence-electron chi connectivity index (χ2n) is 8.20. The molecule has 0 radical (unpaired) electrons. The van der Waals surface area contributed by atoms with Crippen molar-refractivity contribution in [3.8, 4) is 0 Å². The molecule has 1 N–H and O–H groups in total. The number of rotatable bonds is 4. The van der Waals surface area contributed by atoms with Gasteiger partial charge in [-0.15, -0.1) is 0 Å². The first-order valence-electron chi connectivity index (χ1n) is 7.87. The lowest BCUT2D eigenvalue weighted by Gasteiger charge is -2.36. The summed E-state index contributed by atoms with van der Waals surface area (Å²) in [4.78, 5) is 0. The van der Waals surface area contributed by atoms with Crippen molar-refractivity contribution in [2.24, 2.45) is 29.1 Å². The summed E-state index contributed by atoms with van der Waals surface area (Å²) in [6.07, 6.45) is 5.89. The monoisotopic (exact) mass is 254 g/mol. The van der Waals surface area contributed by atoms with Gasteiger partial charge in [0.2, 0.25) is 0 Å². The van der Waals surface area contributed by atoms with Gasteiger partial charge in [0, 0.05) is 0 Å². The molecular formula is C17H34O. The molecule has 1 fully saturated rings. The molecule has 0 aromatic rings. The molecule has 18 heavy (non-hydrogen) atoms. The summed E-state index contributed by atoms with van der Waals surface area (Å²) in [5, 5.41) is 10.4. The van der Waals surface area contributed by atoms with Gasteiger partial charge in [-0.3, -0.25) is 0 Å². The Morgan fingerprint density at radius 1 is 1.11 bits per heavy atom. The molecule has 1 saturated carbocycles. The Morgan fingerprint density at radius 2 is 1.72 bits per heavy atom. The molecule has 0 spiro atoms. The van der Waals surface area contributed by atoms with Gasteiger partial charge in [-0.2, -0.15) is 0 Å². The van der Waals surface area contributed by atoms with E-state index in [9.17, 15) is 5.11 Å². The van der Waals surface area contributed by atoms with Crippen molar-refractivity contribution in [3.05, 3.63) is 0 Å². The number of aliphatic hydroxyl groups is 1. The third kappa shape index (κ3) is 5.30. The van der Waals surface area contributed by atoms with Crippen LogP contribution in [0.4, 0.5) is 0 Å². The maximum absolute atomic E-state index is 10.4. The Labute approximate surface area is 114 Å². The lowest BCUT2D eigenvalue weighted by molar-refractivity contribution is 0.0364. The van der Waals surface area contributed by atoms with Gasteiger partial charge in [0.1, 0.15) is 0 Å². The van der Waals surface area contributed by atoms with E-state index in [-0.39, 0.29) is 6.10 Å². The molecule has 0 aromatic carbocycles. The molecule has 5 unspecified atom stereocenters. The van der Waals surface area contributed by atoms with Crippen LogP contribution >= 0.6 is 0 Å². The summed E-state index contributed by atoms with van der Waals surface area (Å²) in [6.45, 7) is 13.9. The Hall–Kier alpha value is -0.0400. The van der Waals surface area contributed by atoms with Crippen molar-refractivity contribution in [1.82, 2.24) is 0 Å². The van der Waals surface area contributed by atoms with Crippen LogP contribution in [0.25, 0.3) is 0 Å². The molecule has 1 aliphatic carbocycles. The molecule has 1 rings (SSSR count). The van der Waals surface area contributed by atoms with Crippen LogP contribution in [-0.4, -0.2) is 11.2 Å². The van der Waals surface area contributed by atoms with E-state index in [1.165, 1.54) is 25.7 Å². The average Bonchev–Trinajstić information content (AvgIpc) is 2.18. The van der Waals surface area contributed by atoms with Crippen molar-refractivity contribution in [2.45, 2.75) is 79.8 Å². The standard InChI is InChI=1S/C17H34O/c1-12(11-17(4,5)6)9-16(18)15-8-7-13(2)14(3)10-15/h12-16,18H,7-11H2,1-6H3. The Balaban J connectivity index is 2.38. The van der Waals surface area contributed by atoms with E-state index in [0.29, 0.717) is 17.3 Å². The van der Waals surface area contributed by atoms with Crippen molar-refractivity contribution in [2.75, 3.05) is 0 Å². The molecule has 5 atom stereocenters. The minimum absolute atomic E-state index is 0.0719. The summed E-state index contributed by atoms with van der Waals surface area (Å²) in [5.74, 6) is 2.82. The van der Waals surface area contributed by atoms with Gasteiger partial charge in [0.25, 0.3) is 0 Å². The normalized spacial score (nSPS) is 33.2. The van der Waals surface area contributed by atoms with Crippen LogP contribution in [0.1, 0.15) is 73.6 Å². The van der Waals surface area contributed by atoms with E-state index in [1.807, 2.05) is 0 Å². The van der Waals surface area contributed by atoms with E-state index in [0.717, 1.165) is 18.3 Å².